The van der Waals surface area contributed by atoms with Gasteiger partial charge in [0.05, 0.1) is 10.5 Å². The van der Waals surface area contributed by atoms with E-state index in [2.05, 4.69) is 4.57 Å². The largest absolute Gasteiger partial charge is 0.454 e. The molecule has 0 radical (unpaired) electrons. The first-order chi connectivity index (χ1) is 15.1. The molecular weight excluding hydrogens is 452 g/mol. The van der Waals surface area contributed by atoms with E-state index in [9.17, 15) is 18.0 Å². The molecule has 9 heteroatoms. The minimum atomic E-state index is -3.85. The number of primary sulfonamides is 1. The number of ether oxygens (including phenoxy) is 1. The van der Waals surface area contributed by atoms with Crippen LogP contribution in [0, 0.1) is 13.8 Å². The van der Waals surface area contributed by atoms with E-state index < -0.39 is 22.6 Å². The summed E-state index contributed by atoms with van der Waals surface area (Å²) in [4.78, 5) is 24.8. The highest BCUT2D eigenvalue weighted by Crippen LogP contribution is 2.18. The van der Waals surface area contributed by atoms with E-state index >= 15 is 0 Å². The van der Waals surface area contributed by atoms with Crippen molar-refractivity contribution in [2.75, 3.05) is 6.61 Å². The third-order valence-electron chi connectivity index (χ3n) is 5.16. The van der Waals surface area contributed by atoms with Crippen LogP contribution < -0.4 is 5.14 Å². The lowest BCUT2D eigenvalue weighted by Crippen LogP contribution is -2.16. The molecule has 1 heterocycles. The number of rotatable bonds is 8. The van der Waals surface area contributed by atoms with Gasteiger partial charge in [0.25, 0.3) is 0 Å². The predicted molar refractivity (Wildman–Crippen MR) is 121 cm³/mol. The Morgan fingerprint density at radius 2 is 1.66 bits per heavy atom. The van der Waals surface area contributed by atoms with Gasteiger partial charge in [-0.2, -0.15) is 0 Å². The second kappa shape index (κ2) is 9.68. The molecule has 0 amide bonds. The Hall–Kier alpha value is -2.94. The molecule has 0 unspecified atom stereocenters. The summed E-state index contributed by atoms with van der Waals surface area (Å²) in [6.45, 7) is 4.06. The molecule has 3 rings (SSSR count). The third-order valence-corrected chi connectivity index (χ3v) is 6.35. The molecule has 0 fully saturated rings. The maximum atomic E-state index is 12.7. The lowest BCUT2D eigenvalue weighted by atomic mass is 10.1. The molecule has 0 spiro atoms. The van der Waals surface area contributed by atoms with Crippen LogP contribution in [-0.4, -0.2) is 31.3 Å². The number of nitrogens with two attached hydrogens (primary N) is 1. The van der Waals surface area contributed by atoms with Crippen LogP contribution in [0.5, 0.6) is 0 Å². The number of esters is 1. The molecule has 1 aromatic heterocycles. The summed E-state index contributed by atoms with van der Waals surface area (Å²) in [5, 5.41) is 5.72. The van der Waals surface area contributed by atoms with Gasteiger partial charge < -0.3 is 9.30 Å². The van der Waals surface area contributed by atoms with Gasteiger partial charge in [0, 0.05) is 28.5 Å². The van der Waals surface area contributed by atoms with Crippen molar-refractivity contribution in [1.82, 2.24) is 4.57 Å². The fourth-order valence-electron chi connectivity index (χ4n) is 3.39. The molecule has 0 bridgehead atoms. The van der Waals surface area contributed by atoms with E-state index in [1.807, 2.05) is 38.1 Å². The topological polar surface area (TPSA) is 108 Å². The molecule has 0 aliphatic heterocycles. The van der Waals surface area contributed by atoms with Crippen LogP contribution in [0.1, 0.15) is 37.7 Å². The zero-order chi connectivity index (χ0) is 23.5. The molecule has 168 valence electrons. The van der Waals surface area contributed by atoms with Crippen LogP contribution in [-0.2, 0) is 27.7 Å². The van der Waals surface area contributed by atoms with Gasteiger partial charge in [-0.1, -0.05) is 23.7 Å². The van der Waals surface area contributed by atoms with E-state index in [1.165, 1.54) is 24.3 Å². The summed E-state index contributed by atoms with van der Waals surface area (Å²) in [6.07, 6.45) is 0.782. The Morgan fingerprint density at radius 3 is 2.25 bits per heavy atom. The highest BCUT2D eigenvalue weighted by molar-refractivity contribution is 7.89. The van der Waals surface area contributed by atoms with Crippen LogP contribution in [0.2, 0.25) is 5.02 Å². The van der Waals surface area contributed by atoms with Crippen molar-refractivity contribution in [2.24, 2.45) is 5.14 Å². The number of halogens is 1. The highest BCUT2D eigenvalue weighted by Gasteiger charge is 2.18. The highest BCUT2D eigenvalue weighted by atomic mass is 35.5. The fourth-order valence-corrected chi connectivity index (χ4v) is 4.03. The number of sulfonamides is 1. The average Bonchev–Trinajstić information content (AvgIpc) is 3.04. The van der Waals surface area contributed by atoms with Crippen molar-refractivity contribution in [3.63, 3.8) is 0 Å². The van der Waals surface area contributed by atoms with Crippen molar-refractivity contribution in [1.29, 1.82) is 0 Å². The maximum Gasteiger partial charge on any atom is 0.338 e. The summed E-state index contributed by atoms with van der Waals surface area (Å²) in [5.74, 6) is -1.04. The minimum absolute atomic E-state index is 0.115. The van der Waals surface area contributed by atoms with Gasteiger partial charge in [-0.3, -0.25) is 4.79 Å². The molecular formula is C23H23ClN2O5S. The minimum Gasteiger partial charge on any atom is -0.454 e. The number of hydrogen-bond donors (Lipinski definition) is 1. The van der Waals surface area contributed by atoms with E-state index in [-0.39, 0.29) is 16.2 Å². The van der Waals surface area contributed by atoms with Gasteiger partial charge in [0.2, 0.25) is 15.8 Å². The first-order valence-corrected chi connectivity index (χ1v) is 11.7. The summed E-state index contributed by atoms with van der Waals surface area (Å²) in [6, 6.07) is 14.4. The summed E-state index contributed by atoms with van der Waals surface area (Å²) in [7, 11) is -3.85. The number of carbonyl (C=O) groups is 2. The molecule has 3 aromatic rings. The van der Waals surface area contributed by atoms with Crippen LogP contribution in [0.25, 0.3) is 0 Å². The van der Waals surface area contributed by atoms with E-state index in [0.717, 1.165) is 23.4 Å². The number of ketones is 1. The molecule has 0 saturated carbocycles. The maximum absolute atomic E-state index is 12.7. The first kappa shape index (κ1) is 23.7. The Kier molecular flexibility index (Phi) is 7.18. The number of Topliss-reactive ketones (excluding diaryl/α,β-unsaturated/α-hetero) is 1. The summed E-state index contributed by atoms with van der Waals surface area (Å²) >= 11 is 5.93. The lowest BCUT2D eigenvalue weighted by molar-refractivity contribution is 0.0474. The van der Waals surface area contributed by atoms with Crippen molar-refractivity contribution >= 4 is 33.4 Å². The molecule has 2 N–H and O–H groups in total. The van der Waals surface area contributed by atoms with Gasteiger partial charge in [-0.25, -0.2) is 18.4 Å². The van der Waals surface area contributed by atoms with Crippen LogP contribution in [0.3, 0.4) is 0 Å². The second-order valence-electron chi connectivity index (χ2n) is 7.38. The SMILES string of the molecule is Cc1cc(C(=O)COC(=O)c2ccc(S(N)(=O)=O)cc2)c(C)n1CCc1ccc(Cl)cc1. The predicted octanol–water partition coefficient (Wildman–Crippen LogP) is 3.69. The summed E-state index contributed by atoms with van der Waals surface area (Å²) in [5.41, 5.74) is 3.49. The molecule has 32 heavy (non-hydrogen) atoms. The average molecular weight is 475 g/mol. The fraction of sp³-hybridized carbons (Fsp3) is 0.217. The molecule has 7 nitrogen and oxygen atoms in total. The van der Waals surface area contributed by atoms with Crippen molar-refractivity contribution in [2.45, 2.75) is 31.7 Å². The van der Waals surface area contributed by atoms with Gasteiger partial charge in [0.1, 0.15) is 0 Å². The van der Waals surface area contributed by atoms with E-state index in [4.69, 9.17) is 21.5 Å². The zero-order valence-electron chi connectivity index (χ0n) is 17.7. The summed E-state index contributed by atoms with van der Waals surface area (Å²) < 4.78 is 29.8. The first-order valence-electron chi connectivity index (χ1n) is 9.80. The Morgan fingerprint density at radius 1 is 1.03 bits per heavy atom. The number of nitrogens with zero attached hydrogens (tertiary/aromatic N) is 1. The van der Waals surface area contributed by atoms with Crippen molar-refractivity contribution in [3.8, 4) is 0 Å². The zero-order valence-corrected chi connectivity index (χ0v) is 19.2. The van der Waals surface area contributed by atoms with Gasteiger partial charge in [0.15, 0.2) is 6.61 Å². The Balaban J connectivity index is 1.63. The number of aromatic nitrogens is 1. The smallest absolute Gasteiger partial charge is 0.338 e. The second-order valence-corrected chi connectivity index (χ2v) is 9.38. The molecule has 0 saturated heterocycles. The number of aryl methyl sites for hydroxylation is 2. The monoisotopic (exact) mass is 474 g/mol. The number of hydrogen-bond acceptors (Lipinski definition) is 5. The van der Waals surface area contributed by atoms with Gasteiger partial charge >= 0.3 is 5.97 Å². The van der Waals surface area contributed by atoms with Crippen LogP contribution >= 0.6 is 11.6 Å². The molecule has 2 aromatic carbocycles. The number of carbonyl (C=O) groups excluding carboxylic acids is 2. The van der Waals surface area contributed by atoms with Crippen molar-refractivity contribution in [3.05, 3.63) is 87.7 Å². The van der Waals surface area contributed by atoms with Crippen LogP contribution in [0.15, 0.2) is 59.5 Å². The van der Waals surface area contributed by atoms with E-state index in [0.29, 0.717) is 17.1 Å². The molecule has 0 aliphatic rings. The van der Waals surface area contributed by atoms with Crippen molar-refractivity contribution < 1.29 is 22.7 Å². The molecule has 0 aliphatic carbocycles. The molecule has 0 atom stereocenters. The lowest BCUT2D eigenvalue weighted by Gasteiger charge is -2.10. The quantitative estimate of drug-likeness (QED) is 0.395. The Bertz CT molecular complexity index is 1250. The normalized spacial score (nSPS) is 11.4. The van der Waals surface area contributed by atoms with E-state index in [1.54, 1.807) is 6.07 Å². The van der Waals surface area contributed by atoms with Gasteiger partial charge in [-0.15, -0.1) is 0 Å². The standard InChI is InChI=1S/C23H23ClN2O5S/c1-15-13-21(16(2)26(15)12-11-17-3-7-19(24)8-4-17)22(27)14-31-23(28)18-5-9-20(10-6-18)32(25,29)30/h3-10,13H,11-12,14H2,1-2H3,(H2,25,29,30). The van der Waals surface area contributed by atoms with Gasteiger partial charge in [-0.05, 0) is 68.3 Å². The third kappa shape index (κ3) is 5.64. The Labute approximate surface area is 191 Å². The number of benzene rings is 2. The van der Waals surface area contributed by atoms with Crippen LogP contribution in [0.4, 0.5) is 0 Å².